The highest BCUT2D eigenvalue weighted by molar-refractivity contribution is 7.92. The molecule has 0 aromatic heterocycles. The van der Waals surface area contributed by atoms with E-state index in [4.69, 9.17) is 4.74 Å². The second-order valence-electron chi connectivity index (χ2n) is 4.53. The van der Waals surface area contributed by atoms with Crippen LogP contribution in [0.3, 0.4) is 0 Å². The molecule has 0 heterocycles. The van der Waals surface area contributed by atoms with E-state index in [-0.39, 0.29) is 5.75 Å². The largest absolute Gasteiger partial charge is 0.459 e. The van der Waals surface area contributed by atoms with Crippen molar-refractivity contribution in [3.05, 3.63) is 0 Å². The number of hydrogen-bond acceptors (Lipinski definition) is 5. The number of carbonyl (C=O) groups excluding carboxylic acids is 1. The van der Waals surface area contributed by atoms with Crippen molar-refractivity contribution in [2.75, 3.05) is 24.6 Å². The van der Waals surface area contributed by atoms with Crippen molar-refractivity contribution in [2.24, 2.45) is 0 Å². The molecule has 96 valence electrons. The normalized spacial score (nSPS) is 12.5. The first-order valence-corrected chi connectivity index (χ1v) is 7.11. The summed E-state index contributed by atoms with van der Waals surface area (Å²) in [7, 11) is -3.36. The molecule has 0 saturated carbocycles. The molecule has 0 rings (SSSR count). The maximum atomic E-state index is 11.5. The first kappa shape index (κ1) is 15.4. The lowest BCUT2D eigenvalue weighted by Gasteiger charge is -2.19. The number of hydrogen-bond donors (Lipinski definition) is 1. The summed E-state index contributed by atoms with van der Waals surface area (Å²) < 4.78 is 27.9. The minimum absolute atomic E-state index is 0.0416. The Labute approximate surface area is 97.5 Å². The maximum Gasteiger partial charge on any atom is 0.321 e. The molecule has 0 bridgehead atoms. The summed E-state index contributed by atoms with van der Waals surface area (Å²) in [5, 5.41) is 2.89. The highest BCUT2D eigenvalue weighted by Crippen LogP contribution is 2.07. The van der Waals surface area contributed by atoms with Crippen molar-refractivity contribution in [1.29, 1.82) is 0 Å². The van der Waals surface area contributed by atoms with Crippen molar-refractivity contribution in [1.82, 2.24) is 5.32 Å². The summed E-state index contributed by atoms with van der Waals surface area (Å²) in [5.41, 5.74) is -0.645. The summed E-state index contributed by atoms with van der Waals surface area (Å²) in [5.74, 6) is -1.28. The summed E-state index contributed by atoms with van der Waals surface area (Å²) in [6.07, 6.45) is 0. The molecule has 0 aliphatic rings. The van der Waals surface area contributed by atoms with E-state index < -0.39 is 27.2 Å². The SMILES string of the molecule is CCNCCS(=O)(=O)CC(=O)OC(C)(C)C. The van der Waals surface area contributed by atoms with Gasteiger partial charge in [0.2, 0.25) is 0 Å². The van der Waals surface area contributed by atoms with Crippen molar-refractivity contribution in [2.45, 2.75) is 33.3 Å². The summed E-state index contributed by atoms with van der Waals surface area (Å²) >= 11 is 0. The van der Waals surface area contributed by atoms with Crippen molar-refractivity contribution in [3.8, 4) is 0 Å². The fourth-order valence-corrected chi connectivity index (χ4v) is 2.04. The third-order valence-corrected chi connectivity index (χ3v) is 3.10. The number of esters is 1. The Balaban J connectivity index is 4.11. The van der Waals surface area contributed by atoms with Gasteiger partial charge in [-0.15, -0.1) is 0 Å². The van der Waals surface area contributed by atoms with Crippen molar-refractivity contribution >= 4 is 15.8 Å². The van der Waals surface area contributed by atoms with Crippen LogP contribution in [0.2, 0.25) is 0 Å². The lowest BCUT2D eigenvalue weighted by Crippen LogP contribution is -2.31. The number of nitrogens with one attached hydrogen (secondary N) is 1. The lowest BCUT2D eigenvalue weighted by molar-refractivity contribution is -0.151. The molecular weight excluding hydrogens is 230 g/mol. The van der Waals surface area contributed by atoms with Gasteiger partial charge in [0.05, 0.1) is 5.75 Å². The average molecular weight is 251 g/mol. The Bertz CT molecular complexity index is 316. The van der Waals surface area contributed by atoms with Gasteiger partial charge < -0.3 is 10.1 Å². The van der Waals surface area contributed by atoms with Gasteiger partial charge >= 0.3 is 5.97 Å². The van der Waals surface area contributed by atoms with Gasteiger partial charge in [-0.25, -0.2) is 8.42 Å². The summed E-state index contributed by atoms with van der Waals surface area (Å²) in [6, 6.07) is 0. The second kappa shape index (κ2) is 6.20. The van der Waals surface area contributed by atoms with Crippen LogP contribution in [0.25, 0.3) is 0 Å². The molecule has 0 unspecified atom stereocenters. The molecule has 1 N–H and O–H groups in total. The quantitative estimate of drug-likeness (QED) is 0.545. The molecule has 0 atom stereocenters. The molecule has 5 nitrogen and oxygen atoms in total. The van der Waals surface area contributed by atoms with Crippen molar-refractivity contribution in [3.63, 3.8) is 0 Å². The predicted molar refractivity (Wildman–Crippen MR) is 63.0 cm³/mol. The lowest BCUT2D eigenvalue weighted by atomic mass is 10.2. The van der Waals surface area contributed by atoms with Gasteiger partial charge in [0.1, 0.15) is 11.4 Å². The number of sulfone groups is 1. The molecule has 0 aliphatic carbocycles. The Morgan fingerprint density at radius 2 is 1.88 bits per heavy atom. The molecule has 16 heavy (non-hydrogen) atoms. The standard InChI is InChI=1S/C10H21NO4S/c1-5-11-6-7-16(13,14)8-9(12)15-10(2,3)4/h11H,5-8H2,1-4H3. The van der Waals surface area contributed by atoms with Gasteiger partial charge in [-0.1, -0.05) is 6.92 Å². The topological polar surface area (TPSA) is 72.5 Å². The fourth-order valence-electron chi connectivity index (χ4n) is 1.03. The van der Waals surface area contributed by atoms with Gasteiger partial charge in [0, 0.05) is 6.54 Å². The van der Waals surface area contributed by atoms with E-state index in [1.54, 1.807) is 20.8 Å². The number of carbonyl (C=O) groups is 1. The van der Waals surface area contributed by atoms with Crippen LogP contribution in [0.4, 0.5) is 0 Å². The molecule has 0 saturated heterocycles. The minimum atomic E-state index is -3.36. The third-order valence-electron chi connectivity index (χ3n) is 1.60. The highest BCUT2D eigenvalue weighted by Gasteiger charge is 2.22. The monoisotopic (exact) mass is 251 g/mol. The maximum absolute atomic E-state index is 11.5. The van der Waals surface area contributed by atoms with Gasteiger partial charge in [-0.05, 0) is 27.3 Å². The zero-order valence-electron chi connectivity index (χ0n) is 10.4. The van der Waals surface area contributed by atoms with Crippen LogP contribution in [0.1, 0.15) is 27.7 Å². The fraction of sp³-hybridized carbons (Fsp3) is 0.900. The van der Waals surface area contributed by atoms with Crippen LogP contribution < -0.4 is 5.32 Å². The van der Waals surface area contributed by atoms with E-state index in [0.717, 1.165) is 0 Å². The summed E-state index contributed by atoms with van der Waals surface area (Å²) in [4.78, 5) is 11.3. The Hall–Kier alpha value is -0.620. The van der Waals surface area contributed by atoms with Crippen LogP contribution >= 0.6 is 0 Å². The molecule has 0 spiro atoms. The molecule has 0 amide bonds. The molecular formula is C10H21NO4S. The van der Waals surface area contributed by atoms with Gasteiger partial charge in [0.15, 0.2) is 9.84 Å². The zero-order valence-corrected chi connectivity index (χ0v) is 11.2. The van der Waals surface area contributed by atoms with E-state index in [0.29, 0.717) is 13.1 Å². The van der Waals surface area contributed by atoms with Crippen LogP contribution in [0, 0.1) is 0 Å². The Morgan fingerprint density at radius 1 is 1.31 bits per heavy atom. The molecule has 0 aliphatic heterocycles. The molecule has 0 fully saturated rings. The van der Waals surface area contributed by atoms with Crippen LogP contribution in [-0.4, -0.2) is 44.6 Å². The van der Waals surface area contributed by atoms with E-state index in [1.165, 1.54) is 0 Å². The van der Waals surface area contributed by atoms with Crippen LogP contribution in [-0.2, 0) is 19.4 Å². The second-order valence-corrected chi connectivity index (χ2v) is 6.72. The zero-order chi connectivity index (χ0) is 12.8. The van der Waals surface area contributed by atoms with Gasteiger partial charge in [-0.2, -0.15) is 0 Å². The molecule has 0 radical (unpaired) electrons. The summed E-state index contributed by atoms with van der Waals surface area (Å²) in [6.45, 7) is 8.08. The van der Waals surface area contributed by atoms with E-state index in [2.05, 4.69) is 5.32 Å². The highest BCUT2D eigenvalue weighted by atomic mass is 32.2. The number of ether oxygens (including phenoxy) is 1. The van der Waals surface area contributed by atoms with E-state index >= 15 is 0 Å². The van der Waals surface area contributed by atoms with E-state index in [9.17, 15) is 13.2 Å². The van der Waals surface area contributed by atoms with Crippen LogP contribution in [0.5, 0.6) is 0 Å². The van der Waals surface area contributed by atoms with E-state index in [1.807, 2.05) is 6.92 Å². The molecule has 0 aromatic rings. The first-order chi connectivity index (χ1) is 7.16. The minimum Gasteiger partial charge on any atom is -0.459 e. The van der Waals surface area contributed by atoms with Crippen molar-refractivity contribution < 1.29 is 17.9 Å². The molecule has 6 heteroatoms. The predicted octanol–water partition coefficient (Wildman–Crippen LogP) is 0.352. The van der Waals surface area contributed by atoms with Gasteiger partial charge in [-0.3, -0.25) is 4.79 Å². The van der Waals surface area contributed by atoms with Crippen LogP contribution in [0.15, 0.2) is 0 Å². The smallest absolute Gasteiger partial charge is 0.321 e. The van der Waals surface area contributed by atoms with Gasteiger partial charge in [0.25, 0.3) is 0 Å². The Kier molecular flexibility index (Phi) is 5.96. The number of rotatable bonds is 6. The average Bonchev–Trinajstić information content (AvgIpc) is 1.98. The first-order valence-electron chi connectivity index (χ1n) is 5.29. The molecule has 0 aromatic carbocycles. The third kappa shape index (κ3) is 8.67. The Morgan fingerprint density at radius 3 is 2.31 bits per heavy atom.